The highest BCUT2D eigenvalue weighted by molar-refractivity contribution is 5.77. The molecule has 3 nitrogen and oxygen atoms in total. The van der Waals surface area contributed by atoms with Crippen molar-refractivity contribution in [2.75, 3.05) is 13.1 Å². The van der Waals surface area contributed by atoms with Gasteiger partial charge in [0.2, 0.25) is 5.91 Å². The van der Waals surface area contributed by atoms with Crippen molar-refractivity contribution in [1.29, 1.82) is 0 Å². The first-order valence-electron chi connectivity index (χ1n) is 8.42. The van der Waals surface area contributed by atoms with Gasteiger partial charge in [-0.2, -0.15) is 0 Å². The first-order valence-corrected chi connectivity index (χ1v) is 8.42. The van der Waals surface area contributed by atoms with Crippen molar-refractivity contribution in [2.45, 2.75) is 45.1 Å². The number of carbonyl (C=O) groups is 1. The number of carbonyl (C=O) groups excluding carboxylic acids is 1. The number of hydrogen-bond acceptors (Lipinski definition) is 2. The van der Waals surface area contributed by atoms with Gasteiger partial charge in [-0.15, -0.1) is 0 Å². The van der Waals surface area contributed by atoms with E-state index < -0.39 is 0 Å². The Balaban J connectivity index is 1.54. The van der Waals surface area contributed by atoms with Gasteiger partial charge in [-0.3, -0.25) is 4.79 Å². The van der Waals surface area contributed by atoms with Crippen LogP contribution < -0.4 is 10.6 Å². The predicted octanol–water partition coefficient (Wildman–Crippen LogP) is 2.96. The molecule has 3 unspecified atom stereocenters. The standard InChI is InChI=1S/C18H25FN2O/c1-12(14-3-2-8-20-11-14)9-18(22)21-17-7-4-13-10-15(19)5-6-16(13)17/h5-6,10,12,14,17,20H,2-4,7-9,11H2,1H3,(H,21,22). The Kier molecular flexibility index (Phi) is 4.77. The average molecular weight is 304 g/mol. The summed E-state index contributed by atoms with van der Waals surface area (Å²) in [5, 5.41) is 6.56. The number of nitrogens with one attached hydrogen (secondary N) is 2. The number of piperidine rings is 1. The number of rotatable bonds is 4. The molecule has 1 aromatic carbocycles. The Bertz CT molecular complexity index is 540. The summed E-state index contributed by atoms with van der Waals surface area (Å²) in [6, 6.07) is 4.95. The third kappa shape index (κ3) is 3.49. The SMILES string of the molecule is CC(CC(=O)NC1CCc2cc(F)ccc21)C1CCCNC1. The molecule has 1 fully saturated rings. The lowest BCUT2D eigenvalue weighted by Gasteiger charge is -2.28. The van der Waals surface area contributed by atoms with Crippen molar-refractivity contribution in [3.05, 3.63) is 35.1 Å². The quantitative estimate of drug-likeness (QED) is 0.898. The number of halogens is 1. The van der Waals surface area contributed by atoms with Gasteiger partial charge >= 0.3 is 0 Å². The molecule has 0 bridgehead atoms. The second kappa shape index (κ2) is 6.78. The summed E-state index contributed by atoms with van der Waals surface area (Å²) in [4.78, 5) is 12.3. The van der Waals surface area contributed by atoms with E-state index in [1.54, 1.807) is 6.07 Å². The summed E-state index contributed by atoms with van der Waals surface area (Å²) < 4.78 is 13.2. The molecule has 1 aromatic rings. The Morgan fingerprint density at radius 2 is 2.32 bits per heavy atom. The molecular weight excluding hydrogens is 279 g/mol. The lowest BCUT2D eigenvalue weighted by atomic mass is 9.85. The third-order valence-electron chi connectivity index (χ3n) is 5.17. The van der Waals surface area contributed by atoms with Crippen LogP contribution in [0.25, 0.3) is 0 Å². The van der Waals surface area contributed by atoms with Gasteiger partial charge in [-0.05, 0) is 73.9 Å². The molecule has 0 aromatic heterocycles. The molecule has 2 aliphatic rings. The van der Waals surface area contributed by atoms with E-state index in [1.165, 1.54) is 18.9 Å². The third-order valence-corrected chi connectivity index (χ3v) is 5.17. The van der Waals surface area contributed by atoms with Crippen LogP contribution in [-0.2, 0) is 11.2 Å². The molecule has 3 atom stereocenters. The van der Waals surface area contributed by atoms with Crippen LogP contribution >= 0.6 is 0 Å². The number of aryl methyl sites for hydroxylation is 1. The summed E-state index contributed by atoms with van der Waals surface area (Å²) in [5.74, 6) is 0.941. The van der Waals surface area contributed by atoms with Crippen LogP contribution in [0.15, 0.2) is 18.2 Å². The number of amides is 1. The van der Waals surface area contributed by atoms with Crippen LogP contribution in [0.3, 0.4) is 0 Å². The van der Waals surface area contributed by atoms with E-state index in [0.29, 0.717) is 18.3 Å². The molecule has 1 saturated heterocycles. The zero-order valence-electron chi connectivity index (χ0n) is 13.2. The van der Waals surface area contributed by atoms with Crippen LogP contribution in [0, 0.1) is 17.7 Å². The molecule has 22 heavy (non-hydrogen) atoms. The summed E-state index contributed by atoms with van der Waals surface area (Å²) in [7, 11) is 0. The maximum atomic E-state index is 13.2. The van der Waals surface area contributed by atoms with E-state index in [4.69, 9.17) is 0 Å². The van der Waals surface area contributed by atoms with Crippen LogP contribution in [0.5, 0.6) is 0 Å². The topological polar surface area (TPSA) is 41.1 Å². The summed E-state index contributed by atoms with van der Waals surface area (Å²) >= 11 is 0. The van der Waals surface area contributed by atoms with E-state index in [1.807, 2.05) is 6.07 Å². The minimum atomic E-state index is -0.191. The Labute approximate surface area is 131 Å². The molecule has 0 radical (unpaired) electrons. The highest BCUT2D eigenvalue weighted by Crippen LogP contribution is 2.32. The number of benzene rings is 1. The van der Waals surface area contributed by atoms with Gasteiger partial charge in [0.25, 0.3) is 0 Å². The fourth-order valence-corrected chi connectivity index (χ4v) is 3.81. The van der Waals surface area contributed by atoms with E-state index in [-0.39, 0.29) is 17.8 Å². The normalized spacial score (nSPS) is 25.5. The number of fused-ring (bicyclic) bond motifs is 1. The second-order valence-electron chi connectivity index (χ2n) is 6.79. The molecule has 1 aliphatic carbocycles. The zero-order valence-corrected chi connectivity index (χ0v) is 13.2. The van der Waals surface area contributed by atoms with Gasteiger partial charge in [-0.25, -0.2) is 4.39 Å². The molecule has 0 saturated carbocycles. The van der Waals surface area contributed by atoms with E-state index in [9.17, 15) is 9.18 Å². The lowest BCUT2D eigenvalue weighted by Crippen LogP contribution is -2.36. The van der Waals surface area contributed by atoms with E-state index in [0.717, 1.165) is 37.1 Å². The lowest BCUT2D eigenvalue weighted by molar-refractivity contribution is -0.123. The van der Waals surface area contributed by atoms with Crippen molar-refractivity contribution in [3.63, 3.8) is 0 Å². The molecule has 2 N–H and O–H groups in total. The van der Waals surface area contributed by atoms with Crippen LogP contribution in [0.2, 0.25) is 0 Å². The molecule has 1 amide bonds. The highest BCUT2D eigenvalue weighted by atomic mass is 19.1. The van der Waals surface area contributed by atoms with Crippen LogP contribution in [0.4, 0.5) is 4.39 Å². The first-order chi connectivity index (χ1) is 10.6. The second-order valence-corrected chi connectivity index (χ2v) is 6.79. The van der Waals surface area contributed by atoms with Gasteiger partial charge < -0.3 is 10.6 Å². The van der Waals surface area contributed by atoms with Gasteiger partial charge in [0.15, 0.2) is 0 Å². The van der Waals surface area contributed by atoms with Crippen molar-refractivity contribution in [2.24, 2.45) is 11.8 Å². The Hall–Kier alpha value is -1.42. The number of hydrogen-bond donors (Lipinski definition) is 2. The summed E-state index contributed by atoms with van der Waals surface area (Å²) in [6.45, 7) is 4.31. The Morgan fingerprint density at radius 1 is 1.45 bits per heavy atom. The molecule has 120 valence electrons. The van der Waals surface area contributed by atoms with Crippen molar-refractivity contribution in [1.82, 2.24) is 10.6 Å². The van der Waals surface area contributed by atoms with Gasteiger partial charge in [0, 0.05) is 6.42 Å². The molecule has 0 spiro atoms. The maximum absolute atomic E-state index is 13.2. The largest absolute Gasteiger partial charge is 0.349 e. The summed E-state index contributed by atoms with van der Waals surface area (Å²) in [6.07, 6.45) is 4.73. The van der Waals surface area contributed by atoms with Crippen molar-refractivity contribution < 1.29 is 9.18 Å². The van der Waals surface area contributed by atoms with E-state index in [2.05, 4.69) is 17.6 Å². The Morgan fingerprint density at radius 3 is 3.09 bits per heavy atom. The minimum Gasteiger partial charge on any atom is -0.349 e. The monoisotopic (exact) mass is 304 g/mol. The smallest absolute Gasteiger partial charge is 0.220 e. The maximum Gasteiger partial charge on any atom is 0.220 e. The fourth-order valence-electron chi connectivity index (χ4n) is 3.81. The van der Waals surface area contributed by atoms with Crippen LogP contribution in [0.1, 0.15) is 49.8 Å². The van der Waals surface area contributed by atoms with Crippen molar-refractivity contribution >= 4 is 5.91 Å². The fraction of sp³-hybridized carbons (Fsp3) is 0.611. The van der Waals surface area contributed by atoms with E-state index >= 15 is 0 Å². The van der Waals surface area contributed by atoms with Gasteiger partial charge in [0.05, 0.1) is 6.04 Å². The molecule has 1 aliphatic heterocycles. The highest BCUT2D eigenvalue weighted by Gasteiger charge is 2.26. The van der Waals surface area contributed by atoms with Crippen LogP contribution in [-0.4, -0.2) is 19.0 Å². The summed E-state index contributed by atoms with van der Waals surface area (Å²) in [5.41, 5.74) is 2.12. The molecule has 1 heterocycles. The average Bonchev–Trinajstić information content (AvgIpc) is 2.90. The minimum absolute atomic E-state index is 0.0554. The first kappa shape index (κ1) is 15.5. The van der Waals surface area contributed by atoms with Gasteiger partial charge in [-0.1, -0.05) is 13.0 Å². The van der Waals surface area contributed by atoms with Crippen molar-refractivity contribution in [3.8, 4) is 0 Å². The molecular formula is C18H25FN2O. The predicted molar refractivity (Wildman–Crippen MR) is 85.0 cm³/mol. The zero-order chi connectivity index (χ0) is 15.5. The molecule has 4 heteroatoms. The molecule has 3 rings (SSSR count). The van der Waals surface area contributed by atoms with Gasteiger partial charge in [0.1, 0.15) is 5.82 Å².